The van der Waals surface area contributed by atoms with Gasteiger partial charge in [-0.05, 0) is 24.2 Å². The monoisotopic (exact) mass is 340 g/mol. The van der Waals surface area contributed by atoms with Gasteiger partial charge >= 0.3 is 0 Å². The molecule has 0 bridgehead atoms. The molecule has 25 heavy (non-hydrogen) atoms. The van der Waals surface area contributed by atoms with Crippen LogP contribution < -0.4 is 5.32 Å². The summed E-state index contributed by atoms with van der Waals surface area (Å²) in [5, 5.41) is 7.45. The third-order valence-electron chi connectivity index (χ3n) is 5.53. The third kappa shape index (κ3) is 3.63. The summed E-state index contributed by atoms with van der Waals surface area (Å²) in [7, 11) is 0. The Bertz CT molecular complexity index is 741. The molecule has 1 saturated carbocycles. The first kappa shape index (κ1) is 17.7. The van der Waals surface area contributed by atoms with Gasteiger partial charge in [0.05, 0.1) is 5.69 Å². The predicted molar refractivity (Wildman–Crippen MR) is 98.9 cm³/mol. The molecule has 1 aliphatic carbocycles. The summed E-state index contributed by atoms with van der Waals surface area (Å²) in [6.07, 6.45) is 1.87. The lowest BCUT2D eigenvalue weighted by molar-refractivity contribution is -0.133. The summed E-state index contributed by atoms with van der Waals surface area (Å²) in [6.45, 7) is 10.3. The topological polar surface area (TPSA) is 55.1 Å². The number of rotatable bonds is 4. The molecule has 134 valence electrons. The van der Waals surface area contributed by atoms with Gasteiger partial charge in [0, 0.05) is 23.1 Å². The van der Waals surface area contributed by atoms with Crippen LogP contribution in [-0.4, -0.2) is 17.1 Å². The normalized spacial score (nSPS) is 22.3. The standard InChI is InChI=1S/C21H28N2O2/c1-20(2,3)19(24)22-18-12-15(21(18,4)5)11-16-13-17(25-23-16)14-9-7-6-8-10-14/h6-10,13,15,18H,11-12H2,1-5H3,(H,22,24)/t15-,18+/m1/s1. The van der Waals surface area contributed by atoms with Gasteiger partial charge < -0.3 is 9.84 Å². The van der Waals surface area contributed by atoms with Gasteiger partial charge in [-0.3, -0.25) is 4.79 Å². The van der Waals surface area contributed by atoms with Crippen molar-refractivity contribution in [2.75, 3.05) is 0 Å². The molecule has 3 rings (SSSR count). The van der Waals surface area contributed by atoms with Crippen LogP contribution in [0.15, 0.2) is 40.9 Å². The van der Waals surface area contributed by atoms with Crippen LogP contribution >= 0.6 is 0 Å². The maximum Gasteiger partial charge on any atom is 0.225 e. The quantitative estimate of drug-likeness (QED) is 0.894. The van der Waals surface area contributed by atoms with E-state index in [1.54, 1.807) is 0 Å². The Morgan fingerprint density at radius 1 is 1.28 bits per heavy atom. The molecular weight excluding hydrogens is 312 g/mol. The Morgan fingerprint density at radius 2 is 1.96 bits per heavy atom. The molecule has 1 amide bonds. The van der Waals surface area contributed by atoms with E-state index in [-0.39, 0.29) is 22.8 Å². The van der Waals surface area contributed by atoms with E-state index in [4.69, 9.17) is 4.52 Å². The molecule has 2 atom stereocenters. The number of carbonyl (C=O) groups excluding carboxylic acids is 1. The van der Waals surface area contributed by atoms with Crippen LogP contribution in [0.25, 0.3) is 11.3 Å². The number of nitrogens with zero attached hydrogens (tertiary/aromatic N) is 1. The summed E-state index contributed by atoms with van der Waals surface area (Å²) >= 11 is 0. The molecule has 4 heteroatoms. The highest BCUT2D eigenvalue weighted by Crippen LogP contribution is 2.48. The van der Waals surface area contributed by atoms with Crippen LogP contribution in [0.3, 0.4) is 0 Å². The smallest absolute Gasteiger partial charge is 0.225 e. The molecule has 0 spiro atoms. The van der Waals surface area contributed by atoms with Gasteiger partial charge in [0.2, 0.25) is 5.91 Å². The lowest BCUT2D eigenvalue weighted by atomic mass is 9.57. The van der Waals surface area contributed by atoms with Crippen LogP contribution in [0.2, 0.25) is 0 Å². The van der Waals surface area contributed by atoms with Crippen LogP contribution in [0, 0.1) is 16.7 Å². The number of nitrogens with one attached hydrogen (secondary N) is 1. The maximum atomic E-state index is 12.2. The molecule has 4 nitrogen and oxygen atoms in total. The van der Waals surface area contributed by atoms with Gasteiger partial charge in [-0.25, -0.2) is 0 Å². The van der Waals surface area contributed by atoms with Gasteiger partial charge in [-0.2, -0.15) is 0 Å². The molecule has 1 N–H and O–H groups in total. The minimum Gasteiger partial charge on any atom is -0.356 e. The second-order valence-corrected chi connectivity index (χ2v) is 8.78. The molecule has 1 fully saturated rings. The highest BCUT2D eigenvalue weighted by molar-refractivity contribution is 5.81. The largest absolute Gasteiger partial charge is 0.356 e. The average molecular weight is 340 g/mol. The lowest BCUT2D eigenvalue weighted by Crippen LogP contribution is -2.60. The van der Waals surface area contributed by atoms with E-state index in [9.17, 15) is 4.79 Å². The number of carbonyl (C=O) groups is 1. The van der Waals surface area contributed by atoms with E-state index in [2.05, 4.69) is 24.3 Å². The minimum atomic E-state index is -0.349. The van der Waals surface area contributed by atoms with Gasteiger partial charge in [0.25, 0.3) is 0 Å². The predicted octanol–water partition coefficient (Wildman–Crippen LogP) is 4.46. The van der Waals surface area contributed by atoms with Crippen molar-refractivity contribution in [2.24, 2.45) is 16.7 Å². The first-order valence-corrected chi connectivity index (χ1v) is 9.00. The second-order valence-electron chi connectivity index (χ2n) is 8.78. The van der Waals surface area contributed by atoms with Crippen LogP contribution in [0.1, 0.15) is 46.7 Å². The van der Waals surface area contributed by atoms with Crippen LogP contribution in [0.5, 0.6) is 0 Å². The van der Waals surface area contributed by atoms with Crippen LogP contribution in [0.4, 0.5) is 0 Å². The van der Waals surface area contributed by atoms with Gasteiger partial charge in [-0.15, -0.1) is 0 Å². The minimum absolute atomic E-state index is 0.0623. The highest BCUT2D eigenvalue weighted by atomic mass is 16.5. The Hall–Kier alpha value is -2.10. The van der Waals surface area contributed by atoms with E-state index in [0.717, 1.165) is 29.9 Å². The lowest BCUT2D eigenvalue weighted by Gasteiger charge is -2.52. The Kier molecular flexibility index (Phi) is 4.48. The van der Waals surface area contributed by atoms with E-state index < -0.39 is 0 Å². The molecule has 1 aromatic carbocycles. The number of aromatic nitrogens is 1. The number of amides is 1. The van der Waals surface area contributed by atoms with Crippen molar-refractivity contribution in [3.63, 3.8) is 0 Å². The summed E-state index contributed by atoms with van der Waals surface area (Å²) < 4.78 is 5.50. The SMILES string of the molecule is CC(C)(C)C(=O)N[C@H]1C[C@@H](Cc2cc(-c3ccccc3)on2)C1(C)C. The van der Waals surface area contributed by atoms with Crippen molar-refractivity contribution in [3.8, 4) is 11.3 Å². The molecule has 0 unspecified atom stereocenters. The van der Waals surface area contributed by atoms with E-state index in [1.807, 2.05) is 57.2 Å². The number of hydrogen-bond donors (Lipinski definition) is 1. The van der Waals surface area contributed by atoms with Crippen LogP contribution in [-0.2, 0) is 11.2 Å². The van der Waals surface area contributed by atoms with E-state index in [1.165, 1.54) is 0 Å². The molecule has 1 aromatic heterocycles. The van der Waals surface area contributed by atoms with Crippen molar-refractivity contribution in [1.29, 1.82) is 0 Å². The molecule has 0 aliphatic heterocycles. The molecule has 1 aliphatic rings. The van der Waals surface area contributed by atoms with Crippen molar-refractivity contribution in [2.45, 2.75) is 53.5 Å². The van der Waals surface area contributed by atoms with Crippen molar-refractivity contribution in [3.05, 3.63) is 42.1 Å². The Labute approximate surface area is 150 Å². The van der Waals surface area contributed by atoms with E-state index >= 15 is 0 Å². The molecular formula is C21H28N2O2. The zero-order chi connectivity index (χ0) is 18.2. The average Bonchev–Trinajstić information content (AvgIpc) is 3.02. The van der Waals surface area contributed by atoms with Gasteiger partial charge in [-0.1, -0.05) is 70.1 Å². The summed E-state index contributed by atoms with van der Waals surface area (Å²) in [6, 6.07) is 12.3. The Balaban J connectivity index is 1.62. The summed E-state index contributed by atoms with van der Waals surface area (Å²) in [5.41, 5.74) is 1.74. The zero-order valence-corrected chi connectivity index (χ0v) is 15.8. The molecule has 2 aromatic rings. The molecule has 0 saturated heterocycles. The molecule has 0 radical (unpaired) electrons. The number of hydrogen-bond acceptors (Lipinski definition) is 3. The van der Waals surface area contributed by atoms with Crippen molar-refractivity contribution in [1.82, 2.24) is 10.5 Å². The fourth-order valence-electron chi connectivity index (χ4n) is 3.38. The third-order valence-corrected chi connectivity index (χ3v) is 5.53. The van der Waals surface area contributed by atoms with Gasteiger partial charge in [0.15, 0.2) is 5.76 Å². The maximum absolute atomic E-state index is 12.2. The van der Waals surface area contributed by atoms with Crippen molar-refractivity contribution < 1.29 is 9.32 Å². The zero-order valence-electron chi connectivity index (χ0n) is 15.8. The highest BCUT2D eigenvalue weighted by Gasteiger charge is 2.49. The van der Waals surface area contributed by atoms with Crippen molar-refractivity contribution >= 4 is 5.91 Å². The molecule has 1 heterocycles. The van der Waals surface area contributed by atoms with E-state index in [0.29, 0.717) is 5.92 Å². The van der Waals surface area contributed by atoms with Gasteiger partial charge in [0.1, 0.15) is 0 Å². The first-order valence-electron chi connectivity index (χ1n) is 9.00. The fraction of sp³-hybridized carbons (Fsp3) is 0.524. The second kappa shape index (κ2) is 6.32. The fourth-order valence-corrected chi connectivity index (χ4v) is 3.38. The Morgan fingerprint density at radius 3 is 2.56 bits per heavy atom. The number of benzene rings is 1. The summed E-state index contributed by atoms with van der Waals surface area (Å²) in [4.78, 5) is 12.2. The first-order chi connectivity index (χ1) is 11.7. The summed E-state index contributed by atoms with van der Waals surface area (Å²) in [5.74, 6) is 1.42.